The third kappa shape index (κ3) is 3.21. The van der Waals surface area contributed by atoms with Crippen LogP contribution in [0.5, 0.6) is 5.19 Å². The van der Waals surface area contributed by atoms with Crippen LogP contribution in [-0.2, 0) is 0 Å². The van der Waals surface area contributed by atoms with E-state index in [1.807, 2.05) is 6.07 Å². The summed E-state index contributed by atoms with van der Waals surface area (Å²) < 4.78 is 25.3. The average Bonchev–Trinajstić information content (AvgIpc) is 3.22. The molecule has 0 spiro atoms. The Morgan fingerprint density at radius 3 is 2.88 bits per heavy atom. The molecule has 25 heavy (non-hydrogen) atoms. The summed E-state index contributed by atoms with van der Waals surface area (Å²) in [6, 6.07) is 6.52. The van der Waals surface area contributed by atoms with Gasteiger partial charge in [0.25, 0.3) is 11.1 Å². The number of ether oxygens (including phenoxy) is 1. The molecule has 0 aliphatic carbocycles. The molecule has 6 nitrogen and oxygen atoms in total. The Labute approximate surface area is 147 Å². The van der Waals surface area contributed by atoms with Gasteiger partial charge in [-0.1, -0.05) is 22.6 Å². The Hall–Kier alpha value is -2.48. The Morgan fingerprint density at radius 1 is 1.40 bits per heavy atom. The maximum absolute atomic E-state index is 13.7. The number of para-hydroxylation sites is 1. The van der Waals surface area contributed by atoms with Gasteiger partial charge in [-0.3, -0.25) is 4.79 Å². The summed E-state index contributed by atoms with van der Waals surface area (Å²) in [7, 11) is 0. The van der Waals surface area contributed by atoms with Gasteiger partial charge in [0.1, 0.15) is 23.2 Å². The lowest BCUT2D eigenvalue weighted by Gasteiger charge is -2.31. The second-order valence-electron chi connectivity index (χ2n) is 6.00. The second kappa shape index (κ2) is 6.44. The number of rotatable bonds is 3. The van der Waals surface area contributed by atoms with E-state index in [9.17, 15) is 9.18 Å². The smallest absolute Gasteiger partial charge is 0.276 e. The van der Waals surface area contributed by atoms with E-state index in [4.69, 9.17) is 9.26 Å². The minimum absolute atomic E-state index is 0.0354. The van der Waals surface area contributed by atoms with Crippen LogP contribution in [0.15, 0.2) is 28.8 Å². The zero-order chi connectivity index (χ0) is 17.4. The second-order valence-corrected chi connectivity index (χ2v) is 6.99. The highest BCUT2D eigenvalue weighted by atomic mass is 32.1. The first-order chi connectivity index (χ1) is 12.1. The molecule has 1 saturated heterocycles. The largest absolute Gasteiger partial charge is 0.467 e. The van der Waals surface area contributed by atoms with Crippen LogP contribution in [-0.4, -0.2) is 40.1 Å². The SMILES string of the molecule is Cc1cc(C(=O)N2CCC(Oc3nc4c(F)cccc4s3)CC2)no1. The molecule has 8 heteroatoms. The number of carbonyl (C=O) groups excluding carboxylic acids is 1. The van der Waals surface area contributed by atoms with E-state index in [1.54, 1.807) is 24.0 Å². The molecule has 0 radical (unpaired) electrons. The number of nitrogens with zero attached hydrogens (tertiary/aromatic N) is 3. The van der Waals surface area contributed by atoms with Crippen molar-refractivity contribution < 1.29 is 18.4 Å². The third-order valence-corrected chi connectivity index (χ3v) is 5.11. The number of amides is 1. The molecule has 0 N–H and O–H groups in total. The van der Waals surface area contributed by atoms with Crippen LogP contribution >= 0.6 is 11.3 Å². The number of piperidine rings is 1. The Bertz CT molecular complexity index is 915. The van der Waals surface area contributed by atoms with Crippen molar-refractivity contribution in [2.75, 3.05) is 13.1 Å². The Kier molecular flexibility index (Phi) is 4.12. The number of hydrogen-bond acceptors (Lipinski definition) is 6. The van der Waals surface area contributed by atoms with E-state index >= 15 is 0 Å². The molecule has 0 saturated carbocycles. The molecule has 4 rings (SSSR count). The summed E-state index contributed by atoms with van der Waals surface area (Å²) in [6.45, 7) is 2.91. The van der Waals surface area contributed by atoms with Gasteiger partial charge >= 0.3 is 0 Å². The summed E-state index contributed by atoms with van der Waals surface area (Å²) in [4.78, 5) is 18.3. The van der Waals surface area contributed by atoms with Gasteiger partial charge in [-0.05, 0) is 19.1 Å². The van der Waals surface area contributed by atoms with Crippen LogP contribution in [0, 0.1) is 12.7 Å². The molecule has 0 atom stereocenters. The fraction of sp³-hybridized carbons (Fsp3) is 0.353. The number of likely N-dealkylation sites (tertiary alicyclic amines) is 1. The van der Waals surface area contributed by atoms with Crippen LogP contribution in [0.2, 0.25) is 0 Å². The minimum atomic E-state index is -0.341. The molecule has 0 unspecified atom stereocenters. The first kappa shape index (κ1) is 16.0. The van der Waals surface area contributed by atoms with Crippen LogP contribution in [0.25, 0.3) is 10.2 Å². The van der Waals surface area contributed by atoms with Gasteiger partial charge < -0.3 is 14.2 Å². The van der Waals surface area contributed by atoms with Crippen LogP contribution < -0.4 is 4.74 Å². The van der Waals surface area contributed by atoms with Crippen molar-refractivity contribution in [3.05, 3.63) is 41.5 Å². The maximum Gasteiger partial charge on any atom is 0.276 e. The number of thiazole rings is 1. The van der Waals surface area contributed by atoms with Gasteiger partial charge in [0.05, 0.1) is 4.70 Å². The van der Waals surface area contributed by atoms with Gasteiger partial charge in [-0.15, -0.1) is 0 Å². The lowest BCUT2D eigenvalue weighted by atomic mass is 10.1. The highest BCUT2D eigenvalue weighted by Crippen LogP contribution is 2.31. The molecule has 2 aromatic heterocycles. The van der Waals surface area contributed by atoms with Gasteiger partial charge in [-0.25, -0.2) is 4.39 Å². The van der Waals surface area contributed by atoms with E-state index in [0.29, 0.717) is 48.1 Å². The molecular weight excluding hydrogens is 345 g/mol. The van der Waals surface area contributed by atoms with Crippen molar-refractivity contribution in [1.82, 2.24) is 15.0 Å². The fourth-order valence-electron chi connectivity index (χ4n) is 2.89. The number of carbonyl (C=O) groups is 1. The predicted molar refractivity (Wildman–Crippen MR) is 90.4 cm³/mol. The van der Waals surface area contributed by atoms with E-state index in [0.717, 1.165) is 4.70 Å². The van der Waals surface area contributed by atoms with Gasteiger partial charge in [0.2, 0.25) is 0 Å². The number of fused-ring (bicyclic) bond motifs is 1. The monoisotopic (exact) mass is 361 g/mol. The van der Waals surface area contributed by atoms with Gasteiger partial charge in [0, 0.05) is 32.0 Å². The van der Waals surface area contributed by atoms with Crippen molar-refractivity contribution in [3.63, 3.8) is 0 Å². The predicted octanol–water partition coefficient (Wildman–Crippen LogP) is 3.42. The van der Waals surface area contributed by atoms with Gasteiger partial charge in [0.15, 0.2) is 5.69 Å². The highest BCUT2D eigenvalue weighted by Gasteiger charge is 2.27. The molecule has 1 aliphatic rings. The Morgan fingerprint density at radius 2 is 2.20 bits per heavy atom. The van der Waals surface area contributed by atoms with Crippen molar-refractivity contribution in [3.8, 4) is 5.19 Å². The molecule has 1 aliphatic heterocycles. The van der Waals surface area contributed by atoms with Crippen LogP contribution in [0.3, 0.4) is 0 Å². The summed E-state index contributed by atoms with van der Waals surface area (Å²) in [5.74, 6) is 0.147. The summed E-state index contributed by atoms with van der Waals surface area (Å²) >= 11 is 1.34. The van der Waals surface area contributed by atoms with E-state index < -0.39 is 0 Å². The summed E-state index contributed by atoms with van der Waals surface area (Å²) in [5, 5.41) is 4.24. The van der Waals surface area contributed by atoms with Crippen molar-refractivity contribution in [2.24, 2.45) is 0 Å². The fourth-order valence-corrected chi connectivity index (χ4v) is 3.79. The summed E-state index contributed by atoms with van der Waals surface area (Å²) in [5.41, 5.74) is 0.676. The lowest BCUT2D eigenvalue weighted by molar-refractivity contribution is 0.0586. The van der Waals surface area contributed by atoms with E-state index in [2.05, 4.69) is 10.1 Å². The van der Waals surface area contributed by atoms with Crippen molar-refractivity contribution >= 4 is 27.5 Å². The molecule has 3 aromatic rings. The molecule has 3 heterocycles. The molecule has 1 fully saturated rings. The standard InChI is InChI=1S/C17H16FN3O3S/c1-10-9-13(20-24-10)16(22)21-7-5-11(6-8-21)23-17-19-15-12(18)3-2-4-14(15)25-17/h2-4,9,11H,5-8H2,1H3. The Balaban J connectivity index is 1.38. The van der Waals surface area contributed by atoms with Crippen LogP contribution in [0.1, 0.15) is 29.1 Å². The summed E-state index contributed by atoms with van der Waals surface area (Å²) in [6.07, 6.45) is 1.36. The first-order valence-corrected chi connectivity index (χ1v) is 8.86. The average molecular weight is 361 g/mol. The third-order valence-electron chi connectivity index (χ3n) is 4.19. The maximum atomic E-state index is 13.7. The first-order valence-electron chi connectivity index (χ1n) is 8.04. The zero-order valence-electron chi connectivity index (χ0n) is 13.6. The van der Waals surface area contributed by atoms with Crippen LogP contribution in [0.4, 0.5) is 4.39 Å². The minimum Gasteiger partial charge on any atom is -0.467 e. The molecule has 1 aromatic carbocycles. The van der Waals surface area contributed by atoms with Crippen molar-refractivity contribution in [1.29, 1.82) is 0 Å². The van der Waals surface area contributed by atoms with E-state index in [-0.39, 0.29) is 17.8 Å². The topological polar surface area (TPSA) is 68.5 Å². The number of halogens is 1. The number of benzene rings is 1. The molecule has 1 amide bonds. The normalized spacial score (nSPS) is 15.7. The van der Waals surface area contributed by atoms with Crippen molar-refractivity contribution in [2.45, 2.75) is 25.9 Å². The zero-order valence-corrected chi connectivity index (χ0v) is 14.4. The number of hydrogen-bond donors (Lipinski definition) is 0. The molecular formula is C17H16FN3O3S. The lowest BCUT2D eigenvalue weighted by Crippen LogP contribution is -2.41. The number of aromatic nitrogens is 2. The highest BCUT2D eigenvalue weighted by molar-refractivity contribution is 7.20. The molecule has 0 bridgehead atoms. The van der Waals surface area contributed by atoms with E-state index in [1.165, 1.54) is 17.4 Å². The quantitative estimate of drug-likeness (QED) is 0.715. The molecule has 130 valence electrons. The number of aryl methyl sites for hydroxylation is 1. The van der Waals surface area contributed by atoms with Gasteiger partial charge in [-0.2, -0.15) is 4.98 Å².